The van der Waals surface area contributed by atoms with Gasteiger partial charge in [0, 0.05) is 38.2 Å². The number of amides is 4. The fraction of sp³-hybridized carbons (Fsp3) is 0.591. The van der Waals surface area contributed by atoms with Gasteiger partial charge in [-0.05, 0) is 49.3 Å². The van der Waals surface area contributed by atoms with Gasteiger partial charge in [0.1, 0.15) is 6.04 Å². The van der Waals surface area contributed by atoms with Gasteiger partial charge in [0.2, 0.25) is 5.91 Å². The molecule has 0 radical (unpaired) electrons. The fourth-order valence-corrected chi connectivity index (χ4v) is 4.91. The van der Waals surface area contributed by atoms with Crippen LogP contribution in [-0.2, 0) is 4.79 Å². The second kappa shape index (κ2) is 9.37. The molecule has 3 rings (SSSR count). The van der Waals surface area contributed by atoms with Crippen molar-refractivity contribution in [1.82, 2.24) is 14.7 Å². The maximum Gasteiger partial charge on any atom is 0.322 e. The summed E-state index contributed by atoms with van der Waals surface area (Å²) in [4.78, 5) is 43.7. The van der Waals surface area contributed by atoms with Gasteiger partial charge in [0.25, 0.3) is 5.91 Å². The van der Waals surface area contributed by atoms with E-state index >= 15 is 0 Å². The van der Waals surface area contributed by atoms with Gasteiger partial charge in [-0.3, -0.25) is 9.59 Å². The zero-order valence-electron chi connectivity index (χ0n) is 18.2. The quantitative estimate of drug-likeness (QED) is 0.720. The summed E-state index contributed by atoms with van der Waals surface area (Å²) in [6.45, 7) is 6.28. The van der Waals surface area contributed by atoms with Gasteiger partial charge in [-0.1, -0.05) is 29.8 Å². The fourth-order valence-electron chi connectivity index (χ4n) is 4.55. The standard InChI is InChI=1S/C22H31BrN4O3/c1-14-10-15(2)13-26(12-14)20(28)17-11-16(23)7-8-18(17)24-22(30)27-9-5-6-19(27)21(29)25(3)4/h7-8,11,14-15,19H,5-6,9-10,12-13H2,1-4H3,(H,24,30)/t14-,15+,19-/m1/s1. The van der Waals surface area contributed by atoms with Crippen molar-refractivity contribution in [3.05, 3.63) is 28.2 Å². The van der Waals surface area contributed by atoms with Gasteiger partial charge < -0.3 is 20.0 Å². The van der Waals surface area contributed by atoms with E-state index in [2.05, 4.69) is 35.1 Å². The van der Waals surface area contributed by atoms with E-state index in [1.54, 1.807) is 37.2 Å². The van der Waals surface area contributed by atoms with Gasteiger partial charge in [0.15, 0.2) is 0 Å². The molecule has 7 nitrogen and oxygen atoms in total. The summed E-state index contributed by atoms with van der Waals surface area (Å²) in [7, 11) is 3.39. The van der Waals surface area contributed by atoms with Gasteiger partial charge in [-0.15, -0.1) is 0 Å². The van der Waals surface area contributed by atoms with Crippen molar-refractivity contribution in [2.75, 3.05) is 39.0 Å². The number of rotatable bonds is 3. The monoisotopic (exact) mass is 478 g/mol. The Kier molecular flexibility index (Phi) is 7.06. The molecule has 8 heteroatoms. The number of hydrogen-bond donors (Lipinski definition) is 1. The summed E-state index contributed by atoms with van der Waals surface area (Å²) >= 11 is 3.45. The van der Waals surface area contributed by atoms with Crippen molar-refractivity contribution in [2.24, 2.45) is 11.8 Å². The number of urea groups is 1. The molecule has 1 N–H and O–H groups in total. The molecule has 2 aliphatic heterocycles. The molecule has 0 spiro atoms. The van der Waals surface area contributed by atoms with E-state index in [1.807, 2.05) is 4.90 Å². The lowest BCUT2D eigenvalue weighted by Gasteiger charge is -2.35. The minimum absolute atomic E-state index is 0.0765. The SMILES string of the molecule is C[C@@H]1C[C@H](C)CN(C(=O)c2cc(Br)ccc2NC(=O)N2CCC[C@@H]2C(=O)N(C)C)C1. The Morgan fingerprint density at radius 2 is 1.80 bits per heavy atom. The smallest absolute Gasteiger partial charge is 0.322 e. The number of carbonyl (C=O) groups excluding carboxylic acids is 3. The lowest BCUT2D eigenvalue weighted by atomic mass is 9.91. The zero-order valence-corrected chi connectivity index (χ0v) is 19.7. The van der Waals surface area contributed by atoms with E-state index < -0.39 is 6.04 Å². The Morgan fingerprint density at radius 3 is 2.43 bits per heavy atom. The lowest BCUT2D eigenvalue weighted by molar-refractivity contribution is -0.132. The molecule has 30 heavy (non-hydrogen) atoms. The number of hydrogen-bond acceptors (Lipinski definition) is 3. The summed E-state index contributed by atoms with van der Waals surface area (Å²) < 4.78 is 0.781. The first kappa shape index (κ1) is 22.6. The third kappa shape index (κ3) is 4.96. The molecule has 0 aliphatic carbocycles. The van der Waals surface area contributed by atoms with Crippen LogP contribution >= 0.6 is 15.9 Å². The number of benzene rings is 1. The van der Waals surface area contributed by atoms with Crippen LogP contribution in [0.3, 0.4) is 0 Å². The van der Waals surface area contributed by atoms with Gasteiger partial charge >= 0.3 is 6.03 Å². The van der Waals surface area contributed by atoms with Crippen LogP contribution in [0.4, 0.5) is 10.5 Å². The van der Waals surface area contributed by atoms with Gasteiger partial charge in [-0.2, -0.15) is 0 Å². The number of nitrogens with one attached hydrogen (secondary N) is 1. The van der Waals surface area contributed by atoms with Crippen LogP contribution in [0.25, 0.3) is 0 Å². The Morgan fingerprint density at radius 1 is 1.13 bits per heavy atom. The lowest BCUT2D eigenvalue weighted by Crippen LogP contribution is -2.47. The average molecular weight is 479 g/mol. The molecule has 0 unspecified atom stereocenters. The van der Waals surface area contributed by atoms with Crippen molar-refractivity contribution in [1.29, 1.82) is 0 Å². The molecular formula is C22H31BrN4O3. The van der Waals surface area contributed by atoms with Crippen LogP contribution in [0.5, 0.6) is 0 Å². The molecule has 2 saturated heterocycles. The van der Waals surface area contributed by atoms with Crippen LogP contribution in [0, 0.1) is 11.8 Å². The Bertz CT molecular complexity index is 819. The molecule has 0 saturated carbocycles. The van der Waals surface area contributed by atoms with Crippen molar-refractivity contribution < 1.29 is 14.4 Å². The van der Waals surface area contributed by atoms with E-state index in [-0.39, 0.29) is 17.8 Å². The first-order valence-corrected chi connectivity index (χ1v) is 11.3. The summed E-state index contributed by atoms with van der Waals surface area (Å²) in [6, 6.07) is 4.50. The molecule has 2 heterocycles. The molecular weight excluding hydrogens is 448 g/mol. The maximum absolute atomic E-state index is 13.3. The molecule has 4 amide bonds. The predicted molar refractivity (Wildman–Crippen MR) is 120 cm³/mol. The minimum atomic E-state index is -0.460. The van der Waals surface area contributed by atoms with Crippen molar-refractivity contribution in [3.63, 3.8) is 0 Å². The van der Waals surface area contributed by atoms with E-state index in [9.17, 15) is 14.4 Å². The molecule has 164 valence electrons. The Labute approximate surface area is 186 Å². The van der Waals surface area contributed by atoms with Gasteiger partial charge in [0.05, 0.1) is 11.3 Å². The van der Waals surface area contributed by atoms with E-state index in [4.69, 9.17) is 0 Å². The summed E-state index contributed by atoms with van der Waals surface area (Å²) in [5, 5.41) is 2.89. The third-order valence-corrected chi connectivity index (χ3v) is 6.34. The number of nitrogens with zero attached hydrogens (tertiary/aromatic N) is 3. The number of halogens is 1. The van der Waals surface area contributed by atoms with Crippen LogP contribution in [0.2, 0.25) is 0 Å². The largest absolute Gasteiger partial charge is 0.347 e. The van der Waals surface area contributed by atoms with E-state index in [1.165, 1.54) is 4.90 Å². The number of piperidine rings is 1. The average Bonchev–Trinajstić information content (AvgIpc) is 3.17. The molecule has 0 aromatic heterocycles. The summed E-state index contributed by atoms with van der Waals surface area (Å²) in [6.07, 6.45) is 2.55. The highest BCUT2D eigenvalue weighted by Crippen LogP contribution is 2.28. The number of carbonyl (C=O) groups is 3. The number of likely N-dealkylation sites (N-methyl/N-ethyl adjacent to an activating group) is 1. The second-order valence-electron chi connectivity index (χ2n) is 8.86. The molecule has 0 bridgehead atoms. The molecule has 3 atom stereocenters. The van der Waals surface area contributed by atoms with Crippen LogP contribution in [0.15, 0.2) is 22.7 Å². The summed E-state index contributed by atoms with van der Waals surface area (Å²) in [5.41, 5.74) is 0.940. The highest BCUT2D eigenvalue weighted by Gasteiger charge is 2.35. The maximum atomic E-state index is 13.3. The Hall–Kier alpha value is -2.09. The van der Waals surface area contributed by atoms with Crippen molar-refractivity contribution in [3.8, 4) is 0 Å². The van der Waals surface area contributed by atoms with Crippen LogP contribution in [0.1, 0.15) is 43.5 Å². The van der Waals surface area contributed by atoms with E-state index in [0.717, 1.165) is 17.3 Å². The topological polar surface area (TPSA) is 73.0 Å². The third-order valence-electron chi connectivity index (χ3n) is 5.85. The minimum Gasteiger partial charge on any atom is -0.347 e. The normalized spacial score (nSPS) is 24.0. The molecule has 2 aliphatic rings. The molecule has 2 fully saturated rings. The first-order valence-electron chi connectivity index (χ1n) is 10.5. The Balaban J connectivity index is 1.81. The highest BCUT2D eigenvalue weighted by molar-refractivity contribution is 9.10. The second-order valence-corrected chi connectivity index (χ2v) is 9.78. The predicted octanol–water partition coefficient (Wildman–Crippen LogP) is 3.65. The number of likely N-dealkylation sites (tertiary alicyclic amines) is 2. The highest BCUT2D eigenvalue weighted by atomic mass is 79.9. The summed E-state index contributed by atoms with van der Waals surface area (Å²) in [5.74, 6) is 0.744. The molecule has 1 aromatic rings. The number of anilines is 1. The first-order chi connectivity index (χ1) is 14.2. The van der Waals surface area contributed by atoms with Crippen molar-refractivity contribution in [2.45, 2.75) is 39.2 Å². The van der Waals surface area contributed by atoms with Crippen LogP contribution < -0.4 is 5.32 Å². The van der Waals surface area contributed by atoms with E-state index in [0.29, 0.717) is 49.1 Å². The van der Waals surface area contributed by atoms with Gasteiger partial charge in [-0.25, -0.2) is 4.79 Å². The van der Waals surface area contributed by atoms with Crippen molar-refractivity contribution >= 4 is 39.5 Å². The zero-order chi connectivity index (χ0) is 22.0. The molecule has 1 aromatic carbocycles. The van der Waals surface area contributed by atoms with Crippen LogP contribution in [-0.4, -0.2) is 72.3 Å².